The van der Waals surface area contributed by atoms with Gasteiger partial charge in [-0.25, -0.2) is 4.79 Å². The van der Waals surface area contributed by atoms with Crippen LogP contribution >= 0.6 is 0 Å². The van der Waals surface area contributed by atoms with Crippen molar-refractivity contribution in [2.75, 3.05) is 6.61 Å². The number of carbonyl (C=O) groups excluding carboxylic acids is 1. The van der Waals surface area contributed by atoms with Gasteiger partial charge in [-0.15, -0.1) is 0 Å². The van der Waals surface area contributed by atoms with E-state index in [1.165, 1.54) is 0 Å². The summed E-state index contributed by atoms with van der Waals surface area (Å²) in [6.07, 6.45) is 4.13. The van der Waals surface area contributed by atoms with Crippen molar-refractivity contribution in [1.29, 1.82) is 0 Å². The van der Waals surface area contributed by atoms with E-state index in [1.807, 2.05) is 32.0 Å². The Bertz CT molecular complexity index is 788. The van der Waals surface area contributed by atoms with Crippen LogP contribution in [-0.2, 0) is 11.3 Å². The normalized spacial score (nSPS) is 14.4. The zero-order valence-corrected chi connectivity index (χ0v) is 14.7. The molecule has 0 saturated carbocycles. The van der Waals surface area contributed by atoms with E-state index in [1.54, 1.807) is 31.2 Å². The van der Waals surface area contributed by atoms with Crippen molar-refractivity contribution in [1.82, 2.24) is 0 Å². The molecule has 0 spiro atoms. The fraction of sp³-hybridized carbons (Fsp3) is 0.286. The van der Waals surface area contributed by atoms with Crippen LogP contribution in [0.15, 0.2) is 48.5 Å². The maximum atomic E-state index is 11.6. The maximum absolute atomic E-state index is 11.6. The quantitative estimate of drug-likeness (QED) is 0.746. The number of rotatable bonds is 5. The molecule has 3 rings (SSSR count). The number of ether oxygens (including phenoxy) is 3. The molecule has 1 aliphatic rings. The van der Waals surface area contributed by atoms with Crippen LogP contribution in [0.2, 0.25) is 0 Å². The van der Waals surface area contributed by atoms with Crippen molar-refractivity contribution in [3.05, 3.63) is 65.2 Å². The molecular weight excluding hydrogens is 316 g/mol. The predicted molar refractivity (Wildman–Crippen MR) is 96.9 cm³/mol. The van der Waals surface area contributed by atoms with Gasteiger partial charge in [-0.1, -0.05) is 18.2 Å². The van der Waals surface area contributed by atoms with Gasteiger partial charge in [-0.05, 0) is 62.7 Å². The minimum atomic E-state index is -0.323. The smallest absolute Gasteiger partial charge is 0.338 e. The molecule has 1 heterocycles. The molecule has 0 amide bonds. The topological polar surface area (TPSA) is 44.8 Å². The molecule has 0 fully saturated rings. The van der Waals surface area contributed by atoms with Crippen LogP contribution in [0, 0.1) is 0 Å². The number of hydrogen-bond acceptors (Lipinski definition) is 4. The van der Waals surface area contributed by atoms with Gasteiger partial charge in [0, 0.05) is 5.56 Å². The molecule has 0 bridgehead atoms. The van der Waals surface area contributed by atoms with E-state index in [9.17, 15) is 4.79 Å². The molecule has 0 radical (unpaired) electrons. The maximum Gasteiger partial charge on any atom is 0.338 e. The van der Waals surface area contributed by atoms with E-state index in [-0.39, 0.29) is 11.6 Å². The van der Waals surface area contributed by atoms with E-state index < -0.39 is 0 Å². The third-order valence-corrected chi connectivity index (χ3v) is 3.89. The van der Waals surface area contributed by atoms with Gasteiger partial charge < -0.3 is 14.2 Å². The van der Waals surface area contributed by atoms with E-state index in [0.29, 0.717) is 24.5 Å². The summed E-state index contributed by atoms with van der Waals surface area (Å²) < 4.78 is 16.8. The van der Waals surface area contributed by atoms with E-state index >= 15 is 0 Å². The van der Waals surface area contributed by atoms with Crippen LogP contribution < -0.4 is 9.47 Å². The Morgan fingerprint density at radius 2 is 1.88 bits per heavy atom. The van der Waals surface area contributed by atoms with Crippen LogP contribution in [-0.4, -0.2) is 18.2 Å². The second-order valence-corrected chi connectivity index (χ2v) is 6.44. The largest absolute Gasteiger partial charge is 0.489 e. The molecule has 25 heavy (non-hydrogen) atoms. The molecule has 4 heteroatoms. The average molecular weight is 338 g/mol. The van der Waals surface area contributed by atoms with Gasteiger partial charge in [0.15, 0.2) is 0 Å². The SMILES string of the molecule is CCOC(=O)c1ccc(OCc2ccc3c(c2)OC(C)(C)C=C3)cc1. The zero-order valence-electron chi connectivity index (χ0n) is 14.7. The molecule has 1 aliphatic heterocycles. The number of carbonyl (C=O) groups is 1. The summed E-state index contributed by atoms with van der Waals surface area (Å²) in [6.45, 7) is 6.64. The van der Waals surface area contributed by atoms with Crippen molar-refractivity contribution >= 4 is 12.0 Å². The molecular formula is C21H22O4. The molecule has 0 atom stereocenters. The van der Waals surface area contributed by atoms with Crippen LogP contribution in [0.1, 0.15) is 42.3 Å². The summed E-state index contributed by atoms with van der Waals surface area (Å²) in [5.74, 6) is 1.25. The highest BCUT2D eigenvalue weighted by Crippen LogP contribution is 2.31. The Morgan fingerprint density at radius 3 is 2.60 bits per heavy atom. The zero-order chi connectivity index (χ0) is 17.9. The number of hydrogen-bond donors (Lipinski definition) is 0. The van der Waals surface area contributed by atoms with E-state index in [0.717, 1.165) is 16.9 Å². The summed E-state index contributed by atoms with van der Waals surface area (Å²) in [5.41, 5.74) is 2.32. The number of benzene rings is 2. The molecule has 2 aromatic carbocycles. The van der Waals surface area contributed by atoms with Gasteiger partial charge in [0.05, 0.1) is 12.2 Å². The highest BCUT2D eigenvalue weighted by Gasteiger charge is 2.21. The molecule has 0 aromatic heterocycles. The van der Waals surface area contributed by atoms with Crippen molar-refractivity contribution < 1.29 is 19.0 Å². The van der Waals surface area contributed by atoms with Gasteiger partial charge in [0.25, 0.3) is 0 Å². The van der Waals surface area contributed by atoms with Gasteiger partial charge >= 0.3 is 5.97 Å². The molecule has 0 aliphatic carbocycles. The second kappa shape index (κ2) is 7.01. The Balaban J connectivity index is 1.64. The molecule has 0 saturated heterocycles. The van der Waals surface area contributed by atoms with Crippen LogP contribution in [0.25, 0.3) is 6.08 Å². The first-order valence-electron chi connectivity index (χ1n) is 8.38. The van der Waals surface area contributed by atoms with Crippen molar-refractivity contribution in [3.63, 3.8) is 0 Å². The number of esters is 1. The molecule has 0 unspecified atom stereocenters. The lowest BCUT2D eigenvalue weighted by molar-refractivity contribution is 0.0526. The lowest BCUT2D eigenvalue weighted by Crippen LogP contribution is -2.27. The Hall–Kier alpha value is -2.75. The molecule has 130 valence electrons. The Morgan fingerprint density at radius 1 is 1.12 bits per heavy atom. The number of fused-ring (bicyclic) bond motifs is 1. The summed E-state index contributed by atoms with van der Waals surface area (Å²) in [6, 6.07) is 13.0. The standard InChI is InChI=1S/C21H22O4/c1-4-23-20(22)17-7-9-18(10-8-17)24-14-15-5-6-16-11-12-21(2,3)25-19(16)13-15/h5-13H,4,14H2,1-3H3. The first kappa shape index (κ1) is 17.1. The molecule has 2 aromatic rings. The minimum absolute atomic E-state index is 0.296. The average Bonchev–Trinajstić information content (AvgIpc) is 2.59. The predicted octanol–water partition coefficient (Wildman–Crippen LogP) is 4.63. The summed E-state index contributed by atoms with van der Waals surface area (Å²) in [5, 5.41) is 0. The molecule has 4 nitrogen and oxygen atoms in total. The highest BCUT2D eigenvalue weighted by molar-refractivity contribution is 5.89. The van der Waals surface area contributed by atoms with Crippen molar-refractivity contribution in [2.24, 2.45) is 0 Å². The van der Waals surface area contributed by atoms with Gasteiger partial charge in [0.1, 0.15) is 23.7 Å². The van der Waals surface area contributed by atoms with Crippen molar-refractivity contribution in [3.8, 4) is 11.5 Å². The third-order valence-electron chi connectivity index (χ3n) is 3.89. The fourth-order valence-corrected chi connectivity index (χ4v) is 2.57. The summed E-state index contributed by atoms with van der Waals surface area (Å²) >= 11 is 0. The fourth-order valence-electron chi connectivity index (χ4n) is 2.57. The highest BCUT2D eigenvalue weighted by atomic mass is 16.5. The van der Waals surface area contributed by atoms with Gasteiger partial charge in [-0.3, -0.25) is 0 Å². The Kier molecular flexibility index (Phi) is 4.79. The minimum Gasteiger partial charge on any atom is -0.489 e. The summed E-state index contributed by atoms with van der Waals surface area (Å²) in [4.78, 5) is 11.6. The first-order valence-corrected chi connectivity index (χ1v) is 8.38. The van der Waals surface area contributed by atoms with Crippen molar-refractivity contribution in [2.45, 2.75) is 33.0 Å². The van der Waals surface area contributed by atoms with Gasteiger partial charge in [-0.2, -0.15) is 0 Å². The van der Waals surface area contributed by atoms with E-state index in [2.05, 4.69) is 12.2 Å². The van der Waals surface area contributed by atoms with Crippen LogP contribution in [0.3, 0.4) is 0 Å². The van der Waals surface area contributed by atoms with Gasteiger partial charge in [0.2, 0.25) is 0 Å². The lowest BCUT2D eigenvalue weighted by Gasteiger charge is -2.28. The lowest BCUT2D eigenvalue weighted by atomic mass is 10.0. The second-order valence-electron chi connectivity index (χ2n) is 6.44. The Labute approximate surface area is 148 Å². The first-order chi connectivity index (χ1) is 12.0. The third kappa shape index (κ3) is 4.21. The van der Waals surface area contributed by atoms with Crippen LogP contribution in [0.4, 0.5) is 0 Å². The monoisotopic (exact) mass is 338 g/mol. The molecule has 0 N–H and O–H groups in total. The van der Waals surface area contributed by atoms with Crippen LogP contribution in [0.5, 0.6) is 11.5 Å². The van der Waals surface area contributed by atoms with E-state index in [4.69, 9.17) is 14.2 Å². The summed E-state index contributed by atoms with van der Waals surface area (Å²) in [7, 11) is 0.